The minimum Gasteiger partial charge on any atom is -0.460 e. The molecule has 0 unspecified atom stereocenters. The van der Waals surface area contributed by atoms with Gasteiger partial charge in [0.15, 0.2) is 0 Å². The van der Waals surface area contributed by atoms with Gasteiger partial charge in [-0.1, -0.05) is 0 Å². The van der Waals surface area contributed by atoms with Gasteiger partial charge >= 0.3 is 5.97 Å². The average Bonchev–Trinajstić information content (AvgIpc) is 2.29. The molecule has 1 N–H and O–H groups in total. The monoisotopic (exact) mass is 377 g/mol. The van der Waals surface area contributed by atoms with E-state index >= 15 is 0 Å². The van der Waals surface area contributed by atoms with Crippen molar-refractivity contribution >= 4 is 39.3 Å². The number of hydrogen-bond donors (Lipinski definition) is 1. The van der Waals surface area contributed by atoms with Gasteiger partial charge in [0, 0.05) is 18.2 Å². The molecule has 0 atom stereocenters. The van der Waals surface area contributed by atoms with E-state index in [-0.39, 0.29) is 16.8 Å². The van der Waals surface area contributed by atoms with Gasteiger partial charge in [-0.05, 0) is 68.6 Å². The quantitative estimate of drug-likeness (QED) is 0.614. The second-order valence-electron chi connectivity index (χ2n) is 6.43. The molecule has 118 valence electrons. The maximum atomic E-state index is 11.8. The smallest absolute Gasteiger partial charge is 0.306 e. The molecule has 1 aromatic rings. The summed E-state index contributed by atoms with van der Waals surface area (Å²) in [5.74, 6) is 0.390. The average molecular weight is 379 g/mol. The lowest BCUT2D eigenvalue weighted by Crippen LogP contribution is -2.33. The number of rotatable bonds is 5. The van der Waals surface area contributed by atoms with Crippen LogP contribution in [0.4, 0.5) is 5.82 Å². The Morgan fingerprint density at radius 1 is 1.38 bits per heavy atom. The van der Waals surface area contributed by atoms with Gasteiger partial charge in [0.2, 0.25) is 5.28 Å². The molecule has 0 spiro atoms. The van der Waals surface area contributed by atoms with Crippen LogP contribution in [0, 0.1) is 0 Å². The van der Waals surface area contributed by atoms with Gasteiger partial charge in [-0.15, -0.1) is 0 Å². The van der Waals surface area contributed by atoms with Gasteiger partial charge in [0.05, 0.1) is 4.47 Å². The summed E-state index contributed by atoms with van der Waals surface area (Å²) in [6.07, 6.45) is 2.52. The van der Waals surface area contributed by atoms with E-state index in [0.29, 0.717) is 18.7 Å². The number of halogens is 2. The first-order valence-corrected chi connectivity index (χ1v) is 7.84. The summed E-state index contributed by atoms with van der Waals surface area (Å²) in [6.45, 7) is 9.54. The third kappa shape index (κ3) is 7.09. The molecule has 1 rings (SSSR count). The molecule has 0 fully saturated rings. The Balaban J connectivity index is 2.61. The van der Waals surface area contributed by atoms with E-state index in [4.69, 9.17) is 16.3 Å². The van der Waals surface area contributed by atoms with Gasteiger partial charge < -0.3 is 10.1 Å². The van der Waals surface area contributed by atoms with E-state index in [2.05, 4.69) is 31.2 Å². The molecule has 0 aliphatic carbocycles. The third-order valence-corrected chi connectivity index (χ3v) is 3.31. The molecular weight excluding hydrogens is 358 g/mol. The Labute approximate surface area is 139 Å². The number of carbonyl (C=O) groups excluding carboxylic acids is 1. The summed E-state index contributed by atoms with van der Waals surface area (Å²) in [5.41, 5.74) is -0.797. The van der Waals surface area contributed by atoms with Crippen LogP contribution in [0.2, 0.25) is 5.28 Å². The summed E-state index contributed by atoms with van der Waals surface area (Å²) < 4.78 is 6.02. The van der Waals surface area contributed by atoms with Crippen LogP contribution in [-0.2, 0) is 9.53 Å². The summed E-state index contributed by atoms with van der Waals surface area (Å²) in [7, 11) is 0. The standard InChI is InChI=1S/C14H21BrClN3O2/c1-13(2,3)21-10(20)6-7-14(4,5)19-11-9(15)8-17-12(16)18-11/h8H,6-7H2,1-5H3,(H,17,18,19). The molecule has 0 saturated heterocycles. The van der Waals surface area contributed by atoms with E-state index in [9.17, 15) is 4.79 Å². The number of nitrogens with one attached hydrogen (secondary N) is 1. The van der Waals surface area contributed by atoms with Crippen molar-refractivity contribution in [1.82, 2.24) is 9.97 Å². The zero-order chi connectivity index (χ0) is 16.3. The van der Waals surface area contributed by atoms with Crippen LogP contribution in [0.3, 0.4) is 0 Å². The number of ether oxygens (including phenoxy) is 1. The highest BCUT2D eigenvalue weighted by atomic mass is 79.9. The van der Waals surface area contributed by atoms with Gasteiger partial charge in [-0.3, -0.25) is 4.79 Å². The molecule has 5 nitrogen and oxygen atoms in total. The van der Waals surface area contributed by atoms with Crippen LogP contribution in [0.25, 0.3) is 0 Å². The fourth-order valence-electron chi connectivity index (χ4n) is 1.62. The molecule has 1 aromatic heterocycles. The van der Waals surface area contributed by atoms with E-state index in [1.54, 1.807) is 6.20 Å². The van der Waals surface area contributed by atoms with Crippen molar-refractivity contribution in [2.75, 3.05) is 5.32 Å². The molecule has 0 bridgehead atoms. The number of anilines is 1. The minimum absolute atomic E-state index is 0.170. The van der Waals surface area contributed by atoms with Crippen LogP contribution in [0.1, 0.15) is 47.5 Å². The SMILES string of the molecule is CC(C)(CCC(=O)OC(C)(C)C)Nc1nc(Cl)ncc1Br. The highest BCUT2D eigenvalue weighted by molar-refractivity contribution is 9.10. The number of carbonyl (C=O) groups is 1. The molecule has 0 aliphatic rings. The van der Waals surface area contributed by atoms with Gasteiger partial charge in [-0.25, -0.2) is 4.98 Å². The van der Waals surface area contributed by atoms with Gasteiger partial charge in [0.1, 0.15) is 11.4 Å². The first-order valence-electron chi connectivity index (χ1n) is 6.67. The molecule has 0 aliphatic heterocycles. The molecule has 1 heterocycles. The lowest BCUT2D eigenvalue weighted by Gasteiger charge is -2.28. The van der Waals surface area contributed by atoms with E-state index < -0.39 is 5.60 Å². The van der Waals surface area contributed by atoms with Crippen LogP contribution in [0.15, 0.2) is 10.7 Å². The van der Waals surface area contributed by atoms with Crippen LogP contribution in [0.5, 0.6) is 0 Å². The molecule has 7 heteroatoms. The maximum absolute atomic E-state index is 11.8. The van der Waals surface area contributed by atoms with Crippen molar-refractivity contribution in [3.63, 3.8) is 0 Å². The number of nitrogens with zero attached hydrogens (tertiary/aromatic N) is 2. The first-order chi connectivity index (χ1) is 9.48. The lowest BCUT2D eigenvalue weighted by molar-refractivity contribution is -0.155. The predicted octanol–water partition coefficient (Wildman–Crippen LogP) is 4.20. The Bertz CT molecular complexity index is 515. The molecule has 0 saturated carbocycles. The van der Waals surface area contributed by atoms with Crippen molar-refractivity contribution in [1.29, 1.82) is 0 Å². The van der Waals surface area contributed by atoms with Crippen LogP contribution < -0.4 is 5.32 Å². The molecule has 0 amide bonds. The zero-order valence-electron chi connectivity index (χ0n) is 13.0. The van der Waals surface area contributed by atoms with E-state index in [1.807, 2.05) is 34.6 Å². The van der Waals surface area contributed by atoms with Crippen molar-refractivity contribution in [2.45, 2.75) is 58.6 Å². The molecule has 21 heavy (non-hydrogen) atoms. The Morgan fingerprint density at radius 3 is 2.57 bits per heavy atom. The predicted molar refractivity (Wildman–Crippen MR) is 87.5 cm³/mol. The molecule has 0 radical (unpaired) electrons. The van der Waals surface area contributed by atoms with E-state index in [0.717, 1.165) is 4.47 Å². The minimum atomic E-state index is -0.460. The largest absolute Gasteiger partial charge is 0.460 e. The van der Waals surface area contributed by atoms with Crippen molar-refractivity contribution in [3.05, 3.63) is 16.0 Å². The second kappa shape index (κ2) is 6.92. The Morgan fingerprint density at radius 2 is 2.00 bits per heavy atom. The fourth-order valence-corrected chi connectivity index (χ4v) is 2.05. The fraction of sp³-hybridized carbons (Fsp3) is 0.643. The normalized spacial score (nSPS) is 12.1. The lowest BCUT2D eigenvalue weighted by atomic mass is 9.98. The zero-order valence-corrected chi connectivity index (χ0v) is 15.3. The van der Waals surface area contributed by atoms with Crippen molar-refractivity contribution in [3.8, 4) is 0 Å². The topological polar surface area (TPSA) is 64.1 Å². The Kier molecular flexibility index (Phi) is 5.99. The number of aromatic nitrogens is 2. The summed E-state index contributed by atoms with van der Waals surface area (Å²) in [6, 6.07) is 0. The maximum Gasteiger partial charge on any atom is 0.306 e. The number of esters is 1. The van der Waals surface area contributed by atoms with Gasteiger partial charge in [0.25, 0.3) is 0 Å². The highest BCUT2D eigenvalue weighted by Crippen LogP contribution is 2.26. The highest BCUT2D eigenvalue weighted by Gasteiger charge is 2.23. The molecule has 0 aromatic carbocycles. The second-order valence-corrected chi connectivity index (χ2v) is 7.62. The van der Waals surface area contributed by atoms with E-state index in [1.165, 1.54) is 0 Å². The Hall–Kier alpha value is -0.880. The van der Waals surface area contributed by atoms with Crippen molar-refractivity contribution in [2.24, 2.45) is 0 Å². The third-order valence-electron chi connectivity index (χ3n) is 2.55. The van der Waals surface area contributed by atoms with Crippen molar-refractivity contribution < 1.29 is 9.53 Å². The van der Waals surface area contributed by atoms with Crippen LogP contribution >= 0.6 is 27.5 Å². The molecular formula is C14H21BrClN3O2. The summed E-state index contributed by atoms with van der Waals surface area (Å²) in [4.78, 5) is 19.8. The summed E-state index contributed by atoms with van der Waals surface area (Å²) in [5, 5.41) is 3.43. The number of hydrogen-bond acceptors (Lipinski definition) is 5. The first kappa shape index (κ1) is 18.2. The summed E-state index contributed by atoms with van der Waals surface area (Å²) >= 11 is 9.15. The van der Waals surface area contributed by atoms with Gasteiger partial charge in [-0.2, -0.15) is 4.98 Å². The van der Waals surface area contributed by atoms with Crippen LogP contribution in [-0.4, -0.2) is 27.1 Å².